The minimum Gasteiger partial charge on any atom is -0.376 e. The van der Waals surface area contributed by atoms with Crippen molar-refractivity contribution in [2.45, 2.75) is 11.0 Å². The zero-order chi connectivity index (χ0) is 37.0. The third-order valence-electron chi connectivity index (χ3n) is 7.60. The van der Waals surface area contributed by atoms with Gasteiger partial charge in [0.05, 0.1) is 16.5 Å². The van der Waals surface area contributed by atoms with Crippen LogP contribution in [0.25, 0.3) is 0 Å². The van der Waals surface area contributed by atoms with Gasteiger partial charge in [0.15, 0.2) is 93.1 Å². The molecule has 0 saturated carbocycles. The van der Waals surface area contributed by atoms with Gasteiger partial charge in [0.25, 0.3) is 0 Å². The summed E-state index contributed by atoms with van der Waals surface area (Å²) in [6, 6.07) is 0. The van der Waals surface area contributed by atoms with Crippen molar-refractivity contribution in [3.8, 4) is 0 Å². The molecule has 49 heavy (non-hydrogen) atoms. The summed E-state index contributed by atoms with van der Waals surface area (Å²) in [6.07, 6.45) is -0.980. The first-order chi connectivity index (χ1) is 22.7. The summed E-state index contributed by atoms with van der Waals surface area (Å²) in [4.78, 5) is 0. The van der Waals surface area contributed by atoms with E-state index in [9.17, 15) is 52.7 Å². The highest BCUT2D eigenvalue weighted by atomic mass is 19.2. The normalized spacial score (nSPS) is 14.9. The number of nitrogens with one attached hydrogen (secondary N) is 1. The second kappa shape index (κ2) is 11.3. The van der Waals surface area contributed by atoms with E-state index >= 15 is 35.1 Å². The number of rotatable bonds is 4. The highest BCUT2D eigenvalue weighted by molar-refractivity contribution is 5.63. The molecule has 1 nitrogen and oxygen atoms in total. The molecular formula is C28H3F20N. The van der Waals surface area contributed by atoms with E-state index in [-0.39, 0.29) is 6.20 Å². The Bertz CT molecular complexity index is 1920. The molecule has 1 heterocycles. The molecule has 0 unspecified atom stereocenters. The monoisotopic (exact) mass is 733 g/mol. The lowest BCUT2D eigenvalue weighted by Gasteiger charge is -2.47. The Morgan fingerprint density at radius 1 is 0.265 bits per heavy atom. The average Bonchev–Trinajstić information content (AvgIpc) is 3.44. The number of halogens is 20. The van der Waals surface area contributed by atoms with Gasteiger partial charge in [-0.25, -0.2) is 87.8 Å². The SMILES string of the molecule is Fc1c(F)c(F)c(C2(c3c(F)c(F)c(F)c(F)c3F)C=CNC2(c2c(F)c(F)c(F)c(F)c2F)c2c(F)c(F)c(F)c(F)c2F)c(F)c1F. The second-order valence-electron chi connectivity index (χ2n) is 9.82. The van der Waals surface area contributed by atoms with Gasteiger partial charge in [0, 0.05) is 11.1 Å². The summed E-state index contributed by atoms with van der Waals surface area (Å²) >= 11 is 0. The van der Waals surface area contributed by atoms with Gasteiger partial charge in [-0.2, -0.15) is 0 Å². The zero-order valence-corrected chi connectivity index (χ0v) is 22.2. The van der Waals surface area contributed by atoms with Gasteiger partial charge in [0.1, 0.15) is 5.54 Å². The summed E-state index contributed by atoms with van der Waals surface area (Å²) in [5, 5.41) is 1.12. The molecule has 1 aliphatic rings. The molecular weight excluding hydrogens is 730 g/mol. The quantitative estimate of drug-likeness (QED) is 0.126. The first-order valence-electron chi connectivity index (χ1n) is 12.2. The predicted octanol–water partition coefficient (Wildman–Crippen LogP) is 8.82. The second-order valence-corrected chi connectivity index (χ2v) is 9.82. The van der Waals surface area contributed by atoms with Gasteiger partial charge in [-0.05, 0) is 6.20 Å². The van der Waals surface area contributed by atoms with Crippen molar-refractivity contribution in [2.75, 3.05) is 0 Å². The van der Waals surface area contributed by atoms with Crippen LogP contribution in [0.2, 0.25) is 0 Å². The van der Waals surface area contributed by atoms with E-state index in [1.165, 1.54) is 0 Å². The Morgan fingerprint density at radius 3 is 0.673 bits per heavy atom. The Balaban J connectivity index is 2.31. The van der Waals surface area contributed by atoms with E-state index in [4.69, 9.17) is 0 Å². The predicted molar refractivity (Wildman–Crippen MR) is 119 cm³/mol. The molecule has 0 radical (unpaired) electrons. The van der Waals surface area contributed by atoms with Crippen LogP contribution in [-0.4, -0.2) is 0 Å². The first-order valence-corrected chi connectivity index (χ1v) is 12.2. The third-order valence-corrected chi connectivity index (χ3v) is 7.60. The highest BCUT2D eigenvalue weighted by Crippen LogP contribution is 2.60. The molecule has 1 aliphatic heterocycles. The van der Waals surface area contributed by atoms with Crippen LogP contribution in [0.4, 0.5) is 87.8 Å². The molecule has 0 aliphatic carbocycles. The van der Waals surface area contributed by atoms with Crippen LogP contribution in [0.5, 0.6) is 0 Å². The lowest BCUT2D eigenvalue weighted by molar-refractivity contribution is 0.241. The third kappa shape index (κ3) is 4.15. The number of benzene rings is 4. The van der Waals surface area contributed by atoms with E-state index in [0.717, 1.165) is 5.32 Å². The van der Waals surface area contributed by atoms with E-state index in [0.29, 0.717) is 0 Å². The summed E-state index contributed by atoms with van der Waals surface area (Å²) in [6.45, 7) is 0. The first kappa shape index (κ1) is 35.3. The fourth-order valence-electron chi connectivity index (χ4n) is 5.63. The molecule has 5 rings (SSSR count). The fraction of sp³-hybridized carbons (Fsp3) is 0.0714. The molecule has 4 aromatic rings. The molecule has 260 valence electrons. The molecule has 0 aromatic heterocycles. The zero-order valence-electron chi connectivity index (χ0n) is 22.2. The summed E-state index contributed by atoms with van der Waals surface area (Å²) in [5.41, 5.74) is -23.2. The lowest BCUT2D eigenvalue weighted by atomic mass is 9.56. The maximum absolute atomic E-state index is 15.7. The lowest BCUT2D eigenvalue weighted by Crippen LogP contribution is -2.58. The number of hydrogen-bond acceptors (Lipinski definition) is 1. The molecule has 21 heteroatoms. The molecule has 1 N–H and O–H groups in total. The van der Waals surface area contributed by atoms with Crippen LogP contribution in [0.3, 0.4) is 0 Å². The standard InChI is InChI=1S/C28H3F20N/c29-7-3(8(30)16(38)23(45)15(7)37)27(4-9(31)17(39)24(46)18(40)10(4)32)1-2-49-28(27,5-11(33)19(41)25(47)20(42)12(5)34)6-13(35)21(43)26(48)22(44)14(6)36/h1-2,49H. The van der Waals surface area contributed by atoms with E-state index in [2.05, 4.69) is 0 Å². The highest BCUT2D eigenvalue weighted by Gasteiger charge is 2.67. The van der Waals surface area contributed by atoms with Gasteiger partial charge in [-0.1, -0.05) is 6.08 Å². The van der Waals surface area contributed by atoms with E-state index in [1.54, 1.807) is 0 Å². The van der Waals surface area contributed by atoms with Crippen molar-refractivity contribution in [2.24, 2.45) is 0 Å². The van der Waals surface area contributed by atoms with Crippen molar-refractivity contribution < 1.29 is 87.8 Å². The summed E-state index contributed by atoms with van der Waals surface area (Å²) in [5.74, 6) is -67.2. The largest absolute Gasteiger partial charge is 0.376 e. The fourth-order valence-corrected chi connectivity index (χ4v) is 5.63. The van der Waals surface area contributed by atoms with Gasteiger partial charge in [-0.15, -0.1) is 0 Å². The molecule has 0 spiro atoms. The van der Waals surface area contributed by atoms with E-state index < -0.39 is 156 Å². The smallest absolute Gasteiger partial charge is 0.200 e. The van der Waals surface area contributed by atoms with Gasteiger partial charge in [-0.3, -0.25) is 0 Å². The van der Waals surface area contributed by atoms with Crippen LogP contribution in [0.15, 0.2) is 12.3 Å². The van der Waals surface area contributed by atoms with Crippen molar-refractivity contribution in [3.63, 3.8) is 0 Å². The summed E-state index contributed by atoms with van der Waals surface area (Å²) in [7, 11) is 0. The molecule has 0 saturated heterocycles. The van der Waals surface area contributed by atoms with Crippen molar-refractivity contribution in [1.82, 2.24) is 5.32 Å². The molecule has 4 aromatic carbocycles. The minimum atomic E-state index is -5.29. The van der Waals surface area contributed by atoms with Gasteiger partial charge < -0.3 is 5.32 Å². The van der Waals surface area contributed by atoms with Crippen LogP contribution >= 0.6 is 0 Å². The van der Waals surface area contributed by atoms with Gasteiger partial charge >= 0.3 is 0 Å². The van der Waals surface area contributed by atoms with Gasteiger partial charge in [0.2, 0.25) is 23.3 Å². The molecule has 0 amide bonds. The average molecular weight is 733 g/mol. The maximum Gasteiger partial charge on any atom is 0.200 e. The van der Waals surface area contributed by atoms with Crippen LogP contribution in [-0.2, 0) is 11.0 Å². The van der Waals surface area contributed by atoms with Crippen LogP contribution in [0, 0.1) is 116 Å². The van der Waals surface area contributed by atoms with Crippen molar-refractivity contribution in [1.29, 1.82) is 0 Å². The van der Waals surface area contributed by atoms with E-state index in [1.807, 2.05) is 0 Å². The van der Waals surface area contributed by atoms with Crippen molar-refractivity contribution in [3.05, 3.63) is 151 Å². The summed E-state index contributed by atoms with van der Waals surface area (Å²) < 4.78 is 299. The molecule has 0 fully saturated rings. The molecule has 0 bridgehead atoms. The van der Waals surface area contributed by atoms with Crippen LogP contribution in [0.1, 0.15) is 22.3 Å². The topological polar surface area (TPSA) is 12.0 Å². The Morgan fingerprint density at radius 2 is 0.449 bits per heavy atom. The Labute approximate surface area is 255 Å². The Hall–Kier alpha value is -4.98. The van der Waals surface area contributed by atoms with Crippen LogP contribution < -0.4 is 5.32 Å². The molecule has 0 atom stereocenters. The Kier molecular flexibility index (Phi) is 8.14. The maximum atomic E-state index is 15.7. The number of hydrogen-bond donors (Lipinski definition) is 1. The van der Waals surface area contributed by atoms with Crippen molar-refractivity contribution >= 4 is 0 Å². The minimum absolute atomic E-state index is 0.355.